The van der Waals surface area contributed by atoms with Crippen LogP contribution in [-0.4, -0.2) is 57.3 Å². The summed E-state index contributed by atoms with van der Waals surface area (Å²) in [5.74, 6) is -1.10. The van der Waals surface area contributed by atoms with E-state index in [1.54, 1.807) is 36.1 Å². The number of nitrogens with one attached hydrogen (secondary N) is 1. The van der Waals surface area contributed by atoms with E-state index in [4.69, 9.17) is 4.74 Å². The van der Waals surface area contributed by atoms with Gasteiger partial charge in [-0.05, 0) is 74.6 Å². The first kappa shape index (κ1) is 27.9. The smallest absolute Gasteiger partial charge is 0.348 e. The molecule has 5 rings (SSSR count). The Labute approximate surface area is 237 Å². The number of amides is 2. The number of sulfonamides is 1. The zero-order valence-corrected chi connectivity index (χ0v) is 23.8. The molecule has 3 aromatic rings. The minimum absolute atomic E-state index is 0.0856. The summed E-state index contributed by atoms with van der Waals surface area (Å²) >= 11 is 1.16. The van der Waals surface area contributed by atoms with Crippen molar-refractivity contribution < 1.29 is 27.5 Å². The molecular weight excluding hydrogens is 550 g/mol. The fourth-order valence-electron chi connectivity index (χ4n) is 5.13. The zero-order valence-electron chi connectivity index (χ0n) is 22.2. The molecule has 3 heterocycles. The topological polar surface area (TPSA) is 113 Å². The molecular formula is C29H31N3O6S2. The number of esters is 1. The predicted molar refractivity (Wildman–Crippen MR) is 153 cm³/mol. The lowest BCUT2D eigenvalue weighted by Gasteiger charge is -2.32. The average molecular weight is 582 g/mol. The highest BCUT2D eigenvalue weighted by atomic mass is 32.2. The van der Waals surface area contributed by atoms with E-state index in [-0.39, 0.29) is 29.2 Å². The van der Waals surface area contributed by atoms with E-state index in [9.17, 15) is 22.8 Å². The first-order chi connectivity index (χ1) is 19.3. The average Bonchev–Trinajstić information content (AvgIpc) is 3.45. The molecule has 2 aliphatic heterocycles. The number of anilines is 2. The highest BCUT2D eigenvalue weighted by Gasteiger charge is 2.31. The number of carbonyl (C=O) groups excluding carboxylic acids is 3. The van der Waals surface area contributed by atoms with Crippen molar-refractivity contribution in [1.29, 1.82) is 0 Å². The molecule has 0 atom stereocenters. The van der Waals surface area contributed by atoms with E-state index in [2.05, 4.69) is 5.32 Å². The third-order valence-electron chi connectivity index (χ3n) is 7.22. The normalized spacial score (nSPS) is 15.8. The molecule has 1 fully saturated rings. The third-order valence-corrected chi connectivity index (χ3v) is 10.0. The summed E-state index contributed by atoms with van der Waals surface area (Å²) in [7, 11) is -3.84. The van der Waals surface area contributed by atoms with Crippen LogP contribution < -0.4 is 9.62 Å². The highest BCUT2D eigenvalue weighted by molar-refractivity contribution is 7.92. The SMILES string of the molecule is CCOC(=O)c1ccc(NC(=O)C2CCN(C(=O)c3cccc(S(=O)(=O)N4CCCc5ccccc54)c3)CC2)s1. The minimum Gasteiger partial charge on any atom is -0.462 e. The Balaban J connectivity index is 1.21. The second-order valence-electron chi connectivity index (χ2n) is 9.78. The summed E-state index contributed by atoms with van der Waals surface area (Å²) < 4.78 is 33.6. The molecule has 0 spiro atoms. The van der Waals surface area contributed by atoms with Crippen molar-refractivity contribution in [2.75, 3.05) is 35.9 Å². The maximum Gasteiger partial charge on any atom is 0.348 e. The lowest BCUT2D eigenvalue weighted by atomic mass is 9.95. The molecule has 9 nitrogen and oxygen atoms in total. The first-order valence-corrected chi connectivity index (χ1v) is 15.6. The lowest BCUT2D eigenvalue weighted by Crippen LogP contribution is -2.41. The number of rotatable bonds is 7. The molecule has 0 radical (unpaired) electrons. The maximum absolute atomic E-state index is 13.6. The molecule has 0 saturated carbocycles. The summed E-state index contributed by atoms with van der Waals surface area (Å²) in [6.07, 6.45) is 2.53. The largest absolute Gasteiger partial charge is 0.462 e. The molecule has 1 N–H and O–H groups in total. The van der Waals surface area contributed by atoms with Crippen molar-refractivity contribution >= 4 is 49.8 Å². The maximum atomic E-state index is 13.6. The van der Waals surface area contributed by atoms with Crippen LogP contribution in [0.1, 0.15) is 51.8 Å². The number of aryl methyl sites for hydroxylation is 1. The van der Waals surface area contributed by atoms with Gasteiger partial charge in [0.2, 0.25) is 5.91 Å². The second-order valence-corrected chi connectivity index (χ2v) is 12.7. The fourth-order valence-corrected chi connectivity index (χ4v) is 7.52. The van der Waals surface area contributed by atoms with Gasteiger partial charge in [-0.15, -0.1) is 11.3 Å². The molecule has 0 aliphatic carbocycles. The number of likely N-dealkylation sites (tertiary alicyclic amines) is 1. The van der Waals surface area contributed by atoms with Gasteiger partial charge in [-0.3, -0.25) is 13.9 Å². The van der Waals surface area contributed by atoms with Crippen LogP contribution >= 0.6 is 11.3 Å². The quantitative estimate of drug-likeness (QED) is 0.410. The molecule has 11 heteroatoms. The van der Waals surface area contributed by atoms with Gasteiger partial charge in [-0.25, -0.2) is 13.2 Å². The van der Waals surface area contributed by atoms with Gasteiger partial charge in [0.15, 0.2) is 0 Å². The molecule has 210 valence electrons. The summed E-state index contributed by atoms with van der Waals surface area (Å²) in [6, 6.07) is 17.0. The number of ether oxygens (including phenoxy) is 1. The van der Waals surface area contributed by atoms with Crippen molar-refractivity contribution in [3.63, 3.8) is 0 Å². The molecule has 1 saturated heterocycles. The summed E-state index contributed by atoms with van der Waals surface area (Å²) in [5.41, 5.74) is 1.99. The molecule has 40 heavy (non-hydrogen) atoms. The van der Waals surface area contributed by atoms with Gasteiger partial charge in [0.25, 0.3) is 15.9 Å². The van der Waals surface area contributed by atoms with E-state index >= 15 is 0 Å². The minimum atomic E-state index is -3.84. The third kappa shape index (κ3) is 5.75. The zero-order chi connectivity index (χ0) is 28.3. The molecule has 0 unspecified atom stereocenters. The van der Waals surface area contributed by atoms with Crippen molar-refractivity contribution in [2.24, 2.45) is 5.92 Å². The summed E-state index contributed by atoms with van der Waals surface area (Å²) in [5, 5.41) is 3.43. The van der Waals surface area contributed by atoms with Gasteiger partial charge in [0, 0.05) is 31.1 Å². The van der Waals surface area contributed by atoms with Gasteiger partial charge in [0.1, 0.15) is 4.88 Å². The van der Waals surface area contributed by atoms with E-state index in [0.29, 0.717) is 53.6 Å². The van der Waals surface area contributed by atoms with Gasteiger partial charge in [0.05, 0.1) is 22.2 Å². The Bertz CT molecular complexity index is 1530. The summed E-state index contributed by atoms with van der Waals surface area (Å²) in [6.45, 7) is 3.17. The van der Waals surface area contributed by atoms with Crippen LogP contribution in [0.25, 0.3) is 0 Å². The van der Waals surface area contributed by atoms with Crippen molar-refractivity contribution in [3.05, 3.63) is 76.7 Å². The van der Waals surface area contributed by atoms with Crippen LogP contribution in [0.4, 0.5) is 10.7 Å². The van der Waals surface area contributed by atoms with Crippen LogP contribution in [0.5, 0.6) is 0 Å². The standard InChI is InChI=1S/C29H31N3O6S2/c1-2-38-29(35)25-12-13-26(39-25)30-27(33)21-14-17-31(18-15-21)28(34)22-8-5-10-23(19-22)40(36,37)32-16-6-9-20-7-3-4-11-24(20)32/h3-5,7-8,10-13,19,21H,2,6,9,14-18H2,1H3,(H,30,33). The van der Waals surface area contributed by atoms with E-state index in [0.717, 1.165) is 29.7 Å². The van der Waals surface area contributed by atoms with Crippen molar-refractivity contribution in [1.82, 2.24) is 4.90 Å². The fraction of sp³-hybridized carbons (Fsp3) is 0.345. The van der Waals surface area contributed by atoms with Crippen LogP contribution in [0.3, 0.4) is 0 Å². The number of fused-ring (bicyclic) bond motifs is 1. The summed E-state index contributed by atoms with van der Waals surface area (Å²) in [4.78, 5) is 40.2. The predicted octanol–water partition coefficient (Wildman–Crippen LogP) is 4.56. The number of benzene rings is 2. The number of piperidine rings is 1. The van der Waals surface area contributed by atoms with Gasteiger partial charge >= 0.3 is 5.97 Å². The Kier molecular flexibility index (Phi) is 8.22. The molecule has 1 aromatic heterocycles. The van der Waals surface area contributed by atoms with Crippen molar-refractivity contribution in [2.45, 2.75) is 37.5 Å². The van der Waals surface area contributed by atoms with Crippen LogP contribution in [0.15, 0.2) is 65.6 Å². The van der Waals surface area contributed by atoms with E-state index < -0.39 is 16.0 Å². The van der Waals surface area contributed by atoms with Crippen LogP contribution in [-0.2, 0) is 26.0 Å². The molecule has 2 amide bonds. The number of nitrogens with zero attached hydrogens (tertiary/aromatic N) is 2. The Hall–Kier alpha value is -3.70. The van der Waals surface area contributed by atoms with Gasteiger partial charge < -0.3 is 15.0 Å². The molecule has 2 aliphatic rings. The Morgan fingerprint density at radius 3 is 2.55 bits per heavy atom. The number of hydrogen-bond donors (Lipinski definition) is 1. The molecule has 2 aromatic carbocycles. The van der Waals surface area contributed by atoms with Gasteiger partial charge in [-0.1, -0.05) is 24.3 Å². The number of para-hydroxylation sites is 1. The first-order valence-electron chi connectivity index (χ1n) is 13.4. The van der Waals surface area contributed by atoms with Crippen LogP contribution in [0, 0.1) is 5.92 Å². The number of hydrogen-bond acceptors (Lipinski definition) is 7. The van der Waals surface area contributed by atoms with E-state index in [1.807, 2.05) is 24.3 Å². The van der Waals surface area contributed by atoms with Crippen molar-refractivity contribution in [3.8, 4) is 0 Å². The highest BCUT2D eigenvalue weighted by Crippen LogP contribution is 2.32. The number of carbonyl (C=O) groups is 3. The van der Waals surface area contributed by atoms with Crippen LogP contribution in [0.2, 0.25) is 0 Å². The molecule has 0 bridgehead atoms. The Morgan fingerprint density at radius 2 is 1.77 bits per heavy atom. The monoisotopic (exact) mass is 581 g/mol. The van der Waals surface area contributed by atoms with E-state index in [1.165, 1.54) is 16.4 Å². The second kappa shape index (κ2) is 11.8. The van der Waals surface area contributed by atoms with Gasteiger partial charge in [-0.2, -0.15) is 0 Å². The number of thiophene rings is 1. The lowest BCUT2D eigenvalue weighted by molar-refractivity contribution is -0.121. The Morgan fingerprint density at radius 1 is 1.00 bits per heavy atom.